The van der Waals surface area contributed by atoms with Crippen molar-refractivity contribution in [1.29, 1.82) is 0 Å². The Bertz CT molecular complexity index is 1540. The molecule has 0 unspecified atom stereocenters. The molecule has 13 heteroatoms. The van der Waals surface area contributed by atoms with E-state index >= 15 is 0 Å². The summed E-state index contributed by atoms with van der Waals surface area (Å²) in [6.07, 6.45) is 7.36. The minimum Gasteiger partial charge on any atom is -0.480 e. The zero-order valence-corrected chi connectivity index (χ0v) is 25.2. The summed E-state index contributed by atoms with van der Waals surface area (Å²) in [6.45, 7) is 8.33. The molecule has 3 aliphatic heterocycles. The van der Waals surface area contributed by atoms with Crippen LogP contribution in [0.3, 0.4) is 0 Å². The molecule has 0 aliphatic carbocycles. The fourth-order valence-corrected chi connectivity index (χ4v) is 6.40. The molecule has 2 aromatic rings. The number of terminal acetylenes is 1. The molecule has 1 aromatic carbocycles. The highest BCUT2D eigenvalue weighted by Gasteiger charge is 2.52. The number of aliphatic carboxylic acids is 1. The van der Waals surface area contributed by atoms with Crippen molar-refractivity contribution in [3.63, 3.8) is 0 Å². The number of ether oxygens (including phenoxy) is 1. The van der Waals surface area contributed by atoms with Crippen LogP contribution in [0, 0.1) is 18.2 Å². The number of amidine groups is 1. The monoisotopic (exact) mass is 608 g/mol. The summed E-state index contributed by atoms with van der Waals surface area (Å²) in [5.41, 5.74) is 0.660. The average molecular weight is 609 g/mol. The molecular weight excluding hydrogens is 575 g/mol. The number of aliphatic imine (C=N–C) groups is 1. The van der Waals surface area contributed by atoms with Gasteiger partial charge >= 0.3 is 18.0 Å². The smallest absolute Gasteiger partial charge is 0.338 e. The van der Waals surface area contributed by atoms with Gasteiger partial charge < -0.3 is 25.0 Å². The van der Waals surface area contributed by atoms with Gasteiger partial charge in [0.25, 0.3) is 0 Å². The number of carboxylic acid groups (broad SMARTS) is 1. The molecule has 11 nitrogen and oxygen atoms in total. The van der Waals surface area contributed by atoms with Gasteiger partial charge in [-0.2, -0.15) is 0 Å². The van der Waals surface area contributed by atoms with Gasteiger partial charge in [-0.3, -0.25) is 14.7 Å². The third kappa shape index (κ3) is 5.72. The molecule has 2 N–H and O–H groups in total. The molecule has 0 radical (unpaired) electrons. The first-order valence-electron chi connectivity index (χ1n) is 13.9. The van der Waals surface area contributed by atoms with E-state index in [9.17, 15) is 23.9 Å². The standard InChI is InChI=1S/C30H33FN6O5S/c1-6-17-14-18(31)8-9-19(17)23-22(28(40)42-7-2)20(33-25(34-23)26-32-10-13-43-26)15-35-11-12-36-21(24(35)27(38)39)16-37(29(36)41)30(3,4)5/h1,8-10,13-14,21,23-24H,7,11-12,15-16H2,2-5H3,(H,33,34)(H,38,39)/t21-,23+,24+/m1/s1. The molecule has 0 spiro atoms. The Morgan fingerprint density at radius 2 is 2.07 bits per heavy atom. The zero-order chi connectivity index (χ0) is 31.1. The number of rotatable bonds is 7. The topological polar surface area (TPSA) is 128 Å². The number of aromatic nitrogens is 1. The van der Waals surface area contributed by atoms with E-state index in [2.05, 4.69) is 16.2 Å². The fourth-order valence-electron chi connectivity index (χ4n) is 5.81. The molecule has 43 heavy (non-hydrogen) atoms. The molecule has 2 amide bonds. The Morgan fingerprint density at radius 3 is 2.70 bits per heavy atom. The van der Waals surface area contributed by atoms with Crippen LogP contribution in [0.2, 0.25) is 0 Å². The fraction of sp³-hybridized carbons (Fsp3) is 0.433. The van der Waals surface area contributed by atoms with Gasteiger partial charge in [0, 0.05) is 54.6 Å². The van der Waals surface area contributed by atoms with Crippen LogP contribution in [-0.4, -0.2) is 99.0 Å². The van der Waals surface area contributed by atoms with E-state index < -0.39 is 41.4 Å². The maximum atomic E-state index is 14.2. The van der Waals surface area contributed by atoms with Crippen molar-refractivity contribution in [3.8, 4) is 12.3 Å². The number of carbonyl (C=O) groups excluding carboxylic acids is 2. The SMILES string of the molecule is C#Cc1cc(F)ccc1[C@@H]1N=C(c2nccs2)NC(CN2CCN3C(=O)N(C(C)(C)C)C[C@@H]3[C@H]2C(=O)O)=C1C(=O)OCC. The van der Waals surface area contributed by atoms with Crippen LogP contribution in [0.25, 0.3) is 0 Å². The number of fused-ring (bicyclic) bond motifs is 1. The third-order valence-electron chi connectivity index (χ3n) is 7.78. The minimum atomic E-state index is -1.08. The number of benzene rings is 1. The van der Waals surface area contributed by atoms with E-state index in [1.54, 1.807) is 33.2 Å². The number of piperazine rings is 1. The first-order chi connectivity index (χ1) is 20.4. The normalized spacial score (nSPS) is 22.6. The summed E-state index contributed by atoms with van der Waals surface area (Å²) in [4.78, 5) is 53.8. The Morgan fingerprint density at radius 1 is 1.30 bits per heavy atom. The molecule has 0 bridgehead atoms. The number of carboxylic acids is 1. The number of halogens is 1. The van der Waals surface area contributed by atoms with Crippen molar-refractivity contribution in [1.82, 2.24) is 25.0 Å². The van der Waals surface area contributed by atoms with Crippen LogP contribution in [-0.2, 0) is 14.3 Å². The summed E-state index contributed by atoms with van der Waals surface area (Å²) in [5.74, 6) is 0.575. The number of nitrogens with zero attached hydrogens (tertiary/aromatic N) is 5. The van der Waals surface area contributed by atoms with Crippen LogP contribution >= 0.6 is 11.3 Å². The number of thiazole rings is 1. The predicted octanol–water partition coefficient (Wildman–Crippen LogP) is 2.85. The van der Waals surface area contributed by atoms with Gasteiger partial charge in [0.05, 0.1) is 18.2 Å². The number of amides is 2. The van der Waals surface area contributed by atoms with E-state index in [-0.39, 0.29) is 43.4 Å². The Kier molecular flexibility index (Phi) is 8.27. The lowest BCUT2D eigenvalue weighted by molar-refractivity contribution is -0.147. The van der Waals surface area contributed by atoms with E-state index in [4.69, 9.17) is 16.2 Å². The zero-order valence-electron chi connectivity index (χ0n) is 24.3. The van der Waals surface area contributed by atoms with Crippen molar-refractivity contribution in [3.05, 3.63) is 63.0 Å². The molecule has 3 atom stereocenters. The molecule has 226 valence electrons. The van der Waals surface area contributed by atoms with Gasteiger partial charge in [0.1, 0.15) is 17.9 Å². The first-order valence-corrected chi connectivity index (χ1v) is 14.8. The first kappa shape index (κ1) is 30.2. The van der Waals surface area contributed by atoms with E-state index in [0.29, 0.717) is 28.6 Å². The second kappa shape index (κ2) is 11.8. The highest BCUT2D eigenvalue weighted by molar-refractivity contribution is 7.11. The lowest BCUT2D eigenvalue weighted by atomic mass is 9.91. The lowest BCUT2D eigenvalue weighted by Gasteiger charge is -2.42. The predicted molar refractivity (Wildman–Crippen MR) is 158 cm³/mol. The second-order valence-electron chi connectivity index (χ2n) is 11.4. The highest BCUT2D eigenvalue weighted by Crippen LogP contribution is 2.36. The Labute approximate surface area is 253 Å². The molecule has 3 aliphatic rings. The number of urea groups is 1. The average Bonchev–Trinajstić information content (AvgIpc) is 3.61. The van der Waals surface area contributed by atoms with Crippen molar-refractivity contribution in [2.75, 3.05) is 32.8 Å². The van der Waals surface area contributed by atoms with Crippen LogP contribution < -0.4 is 5.32 Å². The molecule has 1 aromatic heterocycles. The number of hydrogen-bond acceptors (Lipinski definition) is 9. The quantitative estimate of drug-likeness (QED) is 0.363. The molecule has 2 saturated heterocycles. The van der Waals surface area contributed by atoms with E-state index in [1.165, 1.54) is 29.5 Å². The summed E-state index contributed by atoms with van der Waals surface area (Å²) in [7, 11) is 0. The van der Waals surface area contributed by atoms with Crippen LogP contribution in [0.1, 0.15) is 49.9 Å². The molecule has 2 fully saturated rings. The maximum absolute atomic E-state index is 14.2. The van der Waals surface area contributed by atoms with Gasteiger partial charge in [-0.05, 0) is 45.4 Å². The number of hydrogen-bond donors (Lipinski definition) is 2. The van der Waals surface area contributed by atoms with Crippen molar-refractivity contribution in [2.45, 2.75) is 51.4 Å². The van der Waals surface area contributed by atoms with Crippen LogP contribution in [0.15, 0.2) is 46.0 Å². The van der Waals surface area contributed by atoms with E-state index in [1.807, 2.05) is 20.8 Å². The second-order valence-corrected chi connectivity index (χ2v) is 12.3. The van der Waals surface area contributed by atoms with Crippen molar-refractivity contribution >= 4 is 35.1 Å². The lowest BCUT2D eigenvalue weighted by Crippen LogP contribution is -2.62. The number of nitrogens with one attached hydrogen (secondary N) is 1. The maximum Gasteiger partial charge on any atom is 0.338 e. The molecule has 4 heterocycles. The summed E-state index contributed by atoms with van der Waals surface area (Å²) in [6, 6.07) is 1.13. The molecule has 5 rings (SSSR count). The molecular formula is C30H33FN6O5S. The van der Waals surface area contributed by atoms with Crippen LogP contribution in [0.5, 0.6) is 0 Å². The summed E-state index contributed by atoms with van der Waals surface area (Å²) in [5, 5.41) is 16.0. The Hall–Kier alpha value is -4.28. The summed E-state index contributed by atoms with van der Waals surface area (Å²) < 4.78 is 19.6. The largest absolute Gasteiger partial charge is 0.480 e. The highest BCUT2D eigenvalue weighted by atomic mass is 32.1. The summed E-state index contributed by atoms with van der Waals surface area (Å²) >= 11 is 1.33. The van der Waals surface area contributed by atoms with Gasteiger partial charge in [-0.1, -0.05) is 12.0 Å². The van der Waals surface area contributed by atoms with Crippen molar-refractivity contribution in [2.24, 2.45) is 4.99 Å². The Balaban J connectivity index is 1.60. The number of esters is 1. The van der Waals surface area contributed by atoms with E-state index in [0.717, 1.165) is 0 Å². The molecule has 0 saturated carbocycles. The van der Waals surface area contributed by atoms with Gasteiger partial charge in [0.15, 0.2) is 10.8 Å². The van der Waals surface area contributed by atoms with Gasteiger partial charge in [-0.25, -0.2) is 19.0 Å². The van der Waals surface area contributed by atoms with Gasteiger partial charge in [0.2, 0.25) is 0 Å². The van der Waals surface area contributed by atoms with Gasteiger partial charge in [-0.15, -0.1) is 17.8 Å². The van der Waals surface area contributed by atoms with Crippen molar-refractivity contribution < 1.29 is 28.6 Å². The van der Waals surface area contributed by atoms with Crippen LogP contribution in [0.4, 0.5) is 9.18 Å². The third-order valence-corrected chi connectivity index (χ3v) is 8.56. The minimum absolute atomic E-state index is 0.00659. The number of carbonyl (C=O) groups is 3.